The Kier molecular flexibility index (Phi) is 4.80. The third kappa shape index (κ3) is 3.26. The highest BCUT2D eigenvalue weighted by Crippen LogP contribution is 2.35. The number of Topliss-reactive ketones (excluding diaryl/α,β-unsaturated/α-hetero) is 1. The zero-order valence-electron chi connectivity index (χ0n) is 13.3. The van der Waals surface area contributed by atoms with Crippen molar-refractivity contribution in [2.45, 2.75) is 19.3 Å². The monoisotopic (exact) mass is 331 g/mol. The van der Waals surface area contributed by atoms with Crippen molar-refractivity contribution >= 4 is 23.2 Å². The average Bonchev–Trinajstić information content (AvgIpc) is 2.99. The number of rotatable bonds is 3. The molecule has 0 saturated carbocycles. The van der Waals surface area contributed by atoms with E-state index in [1.807, 2.05) is 0 Å². The van der Waals surface area contributed by atoms with Crippen molar-refractivity contribution in [2.24, 2.45) is 11.8 Å². The van der Waals surface area contributed by atoms with Crippen LogP contribution < -0.4 is 0 Å². The molecule has 0 aliphatic carbocycles. The van der Waals surface area contributed by atoms with Gasteiger partial charge < -0.3 is 15.1 Å². The van der Waals surface area contributed by atoms with Crippen LogP contribution in [0.4, 0.5) is 0 Å². The molecule has 0 amide bonds. The number of aromatic nitrogens is 2. The molecule has 3 saturated heterocycles. The fourth-order valence-corrected chi connectivity index (χ4v) is 3.87. The number of ketones is 1. The van der Waals surface area contributed by atoms with E-state index in [-0.39, 0.29) is 18.0 Å². The summed E-state index contributed by atoms with van der Waals surface area (Å²) in [6.45, 7) is 3.19. The minimum atomic E-state index is -0.250. The Morgan fingerprint density at radius 2 is 2.08 bits per heavy atom. The van der Waals surface area contributed by atoms with E-state index in [0.29, 0.717) is 29.5 Å². The summed E-state index contributed by atoms with van der Waals surface area (Å²) in [5.74, 6) is 1.48. The van der Waals surface area contributed by atoms with E-state index in [4.69, 9.17) is 9.90 Å². The van der Waals surface area contributed by atoms with Crippen molar-refractivity contribution < 1.29 is 19.8 Å². The smallest absolute Gasteiger partial charge is 0.290 e. The van der Waals surface area contributed by atoms with Crippen molar-refractivity contribution in [2.75, 3.05) is 19.6 Å². The van der Waals surface area contributed by atoms with Gasteiger partial charge in [0.1, 0.15) is 11.4 Å². The predicted octanol–water partition coefficient (Wildman–Crippen LogP) is 1.88. The van der Waals surface area contributed by atoms with Crippen LogP contribution in [0.3, 0.4) is 0 Å². The first-order valence-corrected chi connectivity index (χ1v) is 8.13. The van der Waals surface area contributed by atoms with Gasteiger partial charge in [0.05, 0.1) is 5.52 Å². The first kappa shape index (κ1) is 16.4. The number of aromatic amines is 1. The highest BCUT2D eigenvalue weighted by Gasteiger charge is 2.35. The van der Waals surface area contributed by atoms with Crippen LogP contribution in [0, 0.1) is 11.8 Å². The van der Waals surface area contributed by atoms with Crippen LogP contribution in [0.2, 0.25) is 0 Å². The molecule has 4 heterocycles. The molecule has 24 heavy (non-hydrogen) atoms. The number of nitrogens with zero attached hydrogens (tertiary/aromatic N) is 2. The van der Waals surface area contributed by atoms with Gasteiger partial charge in [-0.05, 0) is 49.9 Å². The number of hydrogen-bond acceptors (Lipinski definition) is 5. The summed E-state index contributed by atoms with van der Waals surface area (Å²) >= 11 is 0. The molecule has 0 unspecified atom stereocenters. The summed E-state index contributed by atoms with van der Waals surface area (Å²) in [5.41, 5.74) is 1.23. The highest BCUT2D eigenvalue weighted by molar-refractivity contribution is 6.06. The number of hydrogen-bond donors (Lipinski definition) is 3. The second kappa shape index (κ2) is 7.00. The van der Waals surface area contributed by atoms with Gasteiger partial charge in [-0.3, -0.25) is 14.7 Å². The minimum Gasteiger partial charge on any atom is -0.508 e. The molecule has 1 atom stereocenters. The van der Waals surface area contributed by atoms with Gasteiger partial charge >= 0.3 is 0 Å². The molecule has 7 nitrogen and oxygen atoms in total. The van der Waals surface area contributed by atoms with Crippen LogP contribution in [0.25, 0.3) is 10.9 Å². The van der Waals surface area contributed by atoms with E-state index in [1.165, 1.54) is 25.9 Å². The molecule has 2 bridgehead atoms. The van der Waals surface area contributed by atoms with Crippen molar-refractivity contribution in [3.8, 4) is 5.75 Å². The van der Waals surface area contributed by atoms with Gasteiger partial charge in [-0.15, -0.1) is 0 Å². The predicted molar refractivity (Wildman–Crippen MR) is 88.1 cm³/mol. The second-order valence-corrected chi connectivity index (χ2v) is 6.43. The Balaban J connectivity index is 0.000000526. The maximum Gasteiger partial charge on any atom is 0.290 e. The normalized spacial score (nSPS) is 25.1. The Hall–Kier alpha value is -2.41. The number of H-pyrrole nitrogens is 1. The van der Waals surface area contributed by atoms with E-state index in [2.05, 4.69) is 15.1 Å². The summed E-state index contributed by atoms with van der Waals surface area (Å²) in [6.07, 6.45) is 3.04. The van der Waals surface area contributed by atoms with E-state index < -0.39 is 0 Å². The van der Waals surface area contributed by atoms with Gasteiger partial charge in [0.15, 0.2) is 5.78 Å². The molecule has 1 aromatic heterocycles. The lowest BCUT2D eigenvalue weighted by molar-refractivity contribution is -0.122. The molecule has 2 aromatic rings. The van der Waals surface area contributed by atoms with Gasteiger partial charge in [-0.25, -0.2) is 0 Å². The van der Waals surface area contributed by atoms with Gasteiger partial charge in [-0.2, -0.15) is 5.10 Å². The fraction of sp³-hybridized carbons (Fsp3) is 0.471. The van der Waals surface area contributed by atoms with Gasteiger partial charge in [-0.1, -0.05) is 0 Å². The van der Waals surface area contributed by atoms with Crippen LogP contribution in [-0.2, 0) is 4.79 Å². The molecular weight excluding hydrogens is 310 g/mol. The zero-order chi connectivity index (χ0) is 17.1. The van der Waals surface area contributed by atoms with E-state index in [1.54, 1.807) is 18.2 Å². The van der Waals surface area contributed by atoms with Crippen LogP contribution in [0.15, 0.2) is 18.2 Å². The average molecular weight is 331 g/mol. The number of carbonyl (C=O) groups is 2. The van der Waals surface area contributed by atoms with Crippen molar-refractivity contribution in [3.05, 3.63) is 23.9 Å². The molecule has 128 valence electrons. The minimum absolute atomic E-state index is 0.116. The molecule has 1 aromatic carbocycles. The standard InChI is InChI=1S/C16H19N3O2.CH2O2/c20-12-1-2-13-14(8-12)17-18-16(13)15(21)7-11-9-19-5-3-10(11)4-6-19;2-1-3/h1-2,8,10-11,20H,3-7,9H2,(H,17,18);1H,(H,2,3)/t11-;/m0./s1. The molecule has 0 radical (unpaired) electrons. The summed E-state index contributed by atoms with van der Waals surface area (Å²) in [7, 11) is 0. The first-order chi connectivity index (χ1) is 11.6. The lowest BCUT2D eigenvalue weighted by atomic mass is 9.76. The maximum absolute atomic E-state index is 12.6. The molecule has 3 aliphatic rings. The largest absolute Gasteiger partial charge is 0.508 e. The molecule has 3 aliphatic heterocycles. The number of benzene rings is 1. The number of phenols is 1. The number of piperidine rings is 3. The second-order valence-electron chi connectivity index (χ2n) is 6.43. The Morgan fingerprint density at radius 3 is 2.71 bits per heavy atom. The van der Waals surface area contributed by atoms with Crippen molar-refractivity contribution in [1.29, 1.82) is 0 Å². The number of aromatic hydroxyl groups is 1. The van der Waals surface area contributed by atoms with Gasteiger partial charge in [0.25, 0.3) is 6.47 Å². The third-order valence-electron chi connectivity index (χ3n) is 5.05. The Morgan fingerprint density at radius 1 is 1.38 bits per heavy atom. The number of fused-ring (bicyclic) bond motifs is 4. The van der Waals surface area contributed by atoms with Crippen LogP contribution in [0.5, 0.6) is 5.75 Å². The highest BCUT2D eigenvalue weighted by atomic mass is 16.3. The summed E-state index contributed by atoms with van der Waals surface area (Å²) in [4.78, 5) is 23.4. The Labute approximate surface area is 139 Å². The first-order valence-electron chi connectivity index (χ1n) is 8.13. The number of phenolic OH excluding ortho intramolecular Hbond substituents is 1. The zero-order valence-corrected chi connectivity index (χ0v) is 13.3. The molecule has 5 rings (SSSR count). The van der Waals surface area contributed by atoms with Crippen LogP contribution in [-0.4, -0.2) is 57.2 Å². The lowest BCUT2D eigenvalue weighted by Gasteiger charge is -2.44. The summed E-state index contributed by atoms with van der Waals surface area (Å²) < 4.78 is 0. The quantitative estimate of drug-likeness (QED) is 0.586. The van der Waals surface area contributed by atoms with Crippen molar-refractivity contribution in [3.63, 3.8) is 0 Å². The molecule has 0 spiro atoms. The van der Waals surface area contributed by atoms with E-state index in [9.17, 15) is 9.90 Å². The number of carbonyl (C=O) groups excluding carboxylic acids is 1. The van der Waals surface area contributed by atoms with Crippen molar-refractivity contribution in [1.82, 2.24) is 15.1 Å². The SMILES string of the molecule is O=C(C[C@H]1CN2CCC1CC2)c1n[nH]c2cc(O)ccc12.O=CO. The summed E-state index contributed by atoms with van der Waals surface area (Å²) in [6, 6.07) is 4.97. The number of nitrogens with one attached hydrogen (secondary N) is 1. The maximum atomic E-state index is 12.6. The molecule has 3 fully saturated rings. The topological polar surface area (TPSA) is 107 Å². The van der Waals surface area contributed by atoms with Crippen LogP contribution in [0.1, 0.15) is 29.8 Å². The number of carboxylic acid groups (broad SMARTS) is 1. The third-order valence-corrected chi connectivity index (χ3v) is 5.05. The summed E-state index contributed by atoms with van der Waals surface area (Å²) in [5, 5.41) is 24.2. The fourth-order valence-electron chi connectivity index (χ4n) is 3.87. The lowest BCUT2D eigenvalue weighted by Crippen LogP contribution is -2.47. The Bertz CT molecular complexity index is 735. The van der Waals surface area contributed by atoms with E-state index in [0.717, 1.165) is 11.9 Å². The molecule has 3 N–H and O–H groups in total. The van der Waals surface area contributed by atoms with Gasteiger partial charge in [0, 0.05) is 24.4 Å². The van der Waals surface area contributed by atoms with Crippen LogP contribution >= 0.6 is 0 Å². The molecule has 7 heteroatoms. The molecular formula is C17H21N3O4. The van der Waals surface area contributed by atoms with E-state index >= 15 is 0 Å². The van der Waals surface area contributed by atoms with Gasteiger partial charge in [0.2, 0.25) is 0 Å².